The number of H-pyrrole nitrogens is 1. The van der Waals surface area contributed by atoms with Gasteiger partial charge in [0, 0.05) is 45.7 Å². The van der Waals surface area contributed by atoms with Crippen LogP contribution in [0, 0.1) is 13.8 Å². The molecule has 0 fully saturated rings. The van der Waals surface area contributed by atoms with Crippen molar-refractivity contribution >= 4 is 32.9 Å². The quantitative estimate of drug-likeness (QED) is 0.418. The van der Waals surface area contributed by atoms with Gasteiger partial charge in [-0.1, -0.05) is 0 Å². The summed E-state index contributed by atoms with van der Waals surface area (Å²) in [5.74, 6) is 1.17. The van der Waals surface area contributed by atoms with E-state index in [0.29, 0.717) is 29.4 Å². The van der Waals surface area contributed by atoms with Gasteiger partial charge in [-0.05, 0) is 65.7 Å². The van der Waals surface area contributed by atoms with E-state index in [2.05, 4.69) is 41.8 Å². The second-order valence-corrected chi connectivity index (χ2v) is 8.14. The molecule has 2 N–H and O–H groups in total. The molecule has 3 heterocycles. The predicted molar refractivity (Wildman–Crippen MR) is 123 cm³/mol. The summed E-state index contributed by atoms with van der Waals surface area (Å²) in [7, 11) is 3.24. The minimum absolute atomic E-state index is 0.176. The van der Waals surface area contributed by atoms with E-state index in [1.54, 1.807) is 26.5 Å². The number of nitrogens with one attached hydrogen (secondary N) is 2. The number of methoxy groups -OCH3 is 2. The smallest absolute Gasteiger partial charge is 0.268 e. The summed E-state index contributed by atoms with van der Waals surface area (Å²) in [4.78, 5) is 20.0. The standard InChI is InChI=1S/C23H23BrN4O3/c1-13-7-16(14(2)28(13)18-5-6-20(30-3)21(10-18)31-4)11-26-23(29)19-9-15-8-17(24)12-25-22(15)27-19/h5-10,12H,11H2,1-4H3,(H,25,27)(H,26,29). The van der Waals surface area contributed by atoms with Crippen LogP contribution in [-0.2, 0) is 6.54 Å². The number of aromatic amines is 1. The second-order valence-electron chi connectivity index (χ2n) is 7.23. The number of aryl methyl sites for hydroxylation is 1. The molecule has 0 bridgehead atoms. The van der Waals surface area contributed by atoms with Crippen LogP contribution < -0.4 is 14.8 Å². The number of amides is 1. The van der Waals surface area contributed by atoms with Crippen LogP contribution in [0.15, 0.2) is 47.1 Å². The molecule has 3 aromatic heterocycles. The average molecular weight is 483 g/mol. The zero-order valence-electron chi connectivity index (χ0n) is 17.7. The van der Waals surface area contributed by atoms with E-state index in [-0.39, 0.29) is 5.91 Å². The van der Waals surface area contributed by atoms with Gasteiger partial charge in [0.15, 0.2) is 11.5 Å². The summed E-state index contributed by atoms with van der Waals surface area (Å²) in [6.07, 6.45) is 1.70. The van der Waals surface area contributed by atoms with Gasteiger partial charge in [0.1, 0.15) is 11.3 Å². The van der Waals surface area contributed by atoms with E-state index in [9.17, 15) is 4.79 Å². The molecule has 1 amide bonds. The van der Waals surface area contributed by atoms with Gasteiger partial charge in [-0.2, -0.15) is 0 Å². The molecule has 0 spiro atoms. The minimum Gasteiger partial charge on any atom is -0.493 e. The third-order valence-corrected chi connectivity index (χ3v) is 5.72. The molecule has 0 radical (unpaired) electrons. The molecule has 0 unspecified atom stereocenters. The Hall–Kier alpha value is -3.26. The van der Waals surface area contributed by atoms with Crippen LogP contribution in [-0.4, -0.2) is 34.7 Å². The summed E-state index contributed by atoms with van der Waals surface area (Å²) in [5.41, 5.74) is 5.28. The first kappa shape index (κ1) is 21.0. The number of hydrogen-bond acceptors (Lipinski definition) is 4. The van der Waals surface area contributed by atoms with Gasteiger partial charge in [0.2, 0.25) is 0 Å². The molecule has 0 atom stereocenters. The largest absolute Gasteiger partial charge is 0.493 e. The highest BCUT2D eigenvalue weighted by atomic mass is 79.9. The first-order valence-corrected chi connectivity index (χ1v) is 10.5. The maximum absolute atomic E-state index is 12.7. The Bertz CT molecular complexity index is 1280. The molecule has 7 nitrogen and oxygen atoms in total. The lowest BCUT2D eigenvalue weighted by molar-refractivity contribution is 0.0946. The third kappa shape index (κ3) is 4.03. The molecule has 0 saturated heterocycles. The molecule has 160 valence electrons. The van der Waals surface area contributed by atoms with Gasteiger partial charge in [0.05, 0.1) is 14.2 Å². The summed E-state index contributed by atoms with van der Waals surface area (Å²) in [6.45, 7) is 4.49. The van der Waals surface area contributed by atoms with Crippen LogP contribution in [0.3, 0.4) is 0 Å². The Kier molecular flexibility index (Phi) is 5.73. The third-order valence-electron chi connectivity index (χ3n) is 5.28. The molecular formula is C23H23BrN4O3. The molecule has 31 heavy (non-hydrogen) atoms. The lowest BCUT2D eigenvalue weighted by Crippen LogP contribution is -2.23. The number of pyridine rings is 1. The van der Waals surface area contributed by atoms with Crippen molar-refractivity contribution in [3.05, 3.63) is 69.7 Å². The van der Waals surface area contributed by atoms with Crippen molar-refractivity contribution < 1.29 is 14.3 Å². The fourth-order valence-electron chi connectivity index (χ4n) is 3.75. The van der Waals surface area contributed by atoms with Crippen LogP contribution in [0.2, 0.25) is 0 Å². The monoisotopic (exact) mass is 482 g/mol. The average Bonchev–Trinajstić information content (AvgIpc) is 3.31. The maximum atomic E-state index is 12.7. The van der Waals surface area contributed by atoms with E-state index in [1.165, 1.54) is 0 Å². The van der Waals surface area contributed by atoms with Crippen molar-refractivity contribution in [3.8, 4) is 17.2 Å². The Labute approximate surface area is 188 Å². The first-order chi connectivity index (χ1) is 14.9. The van der Waals surface area contributed by atoms with E-state index < -0.39 is 0 Å². The fourth-order valence-corrected chi connectivity index (χ4v) is 4.10. The normalized spacial score (nSPS) is 11.0. The predicted octanol–water partition coefficient (Wildman–Crippen LogP) is 4.68. The zero-order chi connectivity index (χ0) is 22.1. The highest BCUT2D eigenvalue weighted by molar-refractivity contribution is 9.10. The van der Waals surface area contributed by atoms with Crippen molar-refractivity contribution in [2.24, 2.45) is 0 Å². The van der Waals surface area contributed by atoms with E-state index in [4.69, 9.17) is 9.47 Å². The van der Waals surface area contributed by atoms with Gasteiger partial charge < -0.3 is 24.3 Å². The second kappa shape index (κ2) is 8.47. The molecule has 0 aliphatic heterocycles. The van der Waals surface area contributed by atoms with Gasteiger partial charge in [-0.15, -0.1) is 0 Å². The summed E-state index contributed by atoms with van der Waals surface area (Å²) in [6, 6.07) is 11.6. The SMILES string of the molecule is COc1ccc(-n2c(C)cc(CNC(=O)c3cc4cc(Br)cnc4[nH]3)c2C)cc1OC. The van der Waals surface area contributed by atoms with Gasteiger partial charge in [-0.3, -0.25) is 4.79 Å². The topological polar surface area (TPSA) is 81.2 Å². The zero-order valence-corrected chi connectivity index (χ0v) is 19.3. The molecule has 0 saturated carbocycles. The van der Waals surface area contributed by atoms with E-state index in [0.717, 1.165) is 32.5 Å². The molecule has 0 aliphatic carbocycles. The molecule has 4 aromatic rings. The molecule has 0 aliphatic rings. The fraction of sp³-hybridized carbons (Fsp3) is 0.217. The van der Waals surface area contributed by atoms with Crippen molar-refractivity contribution in [2.75, 3.05) is 14.2 Å². The number of aromatic nitrogens is 3. The number of hydrogen-bond donors (Lipinski definition) is 2. The summed E-state index contributed by atoms with van der Waals surface area (Å²) in [5, 5.41) is 3.88. The molecule has 8 heteroatoms. The van der Waals surface area contributed by atoms with Gasteiger partial charge >= 0.3 is 0 Å². The first-order valence-electron chi connectivity index (χ1n) is 9.74. The van der Waals surface area contributed by atoms with Crippen molar-refractivity contribution in [3.63, 3.8) is 0 Å². The Morgan fingerprint density at radius 2 is 1.90 bits per heavy atom. The lowest BCUT2D eigenvalue weighted by Gasteiger charge is -2.14. The molecular weight excluding hydrogens is 460 g/mol. The highest BCUT2D eigenvalue weighted by Crippen LogP contribution is 2.31. The van der Waals surface area contributed by atoms with Crippen LogP contribution in [0.25, 0.3) is 16.7 Å². The molecule has 1 aromatic carbocycles. The van der Waals surface area contributed by atoms with Gasteiger partial charge in [0.25, 0.3) is 5.91 Å². The van der Waals surface area contributed by atoms with Crippen LogP contribution in [0.1, 0.15) is 27.4 Å². The highest BCUT2D eigenvalue weighted by Gasteiger charge is 2.15. The summed E-state index contributed by atoms with van der Waals surface area (Å²) >= 11 is 3.40. The van der Waals surface area contributed by atoms with Crippen molar-refractivity contribution in [1.29, 1.82) is 0 Å². The number of carbonyl (C=O) groups is 1. The lowest BCUT2D eigenvalue weighted by atomic mass is 10.2. The Balaban J connectivity index is 1.55. The number of carbonyl (C=O) groups excluding carboxylic acids is 1. The van der Waals surface area contributed by atoms with Crippen molar-refractivity contribution in [2.45, 2.75) is 20.4 Å². The number of benzene rings is 1. The maximum Gasteiger partial charge on any atom is 0.268 e. The van der Waals surface area contributed by atoms with Crippen LogP contribution in [0.5, 0.6) is 11.5 Å². The Morgan fingerprint density at radius 3 is 2.65 bits per heavy atom. The van der Waals surface area contributed by atoms with Crippen molar-refractivity contribution in [1.82, 2.24) is 19.9 Å². The summed E-state index contributed by atoms with van der Waals surface area (Å²) < 4.78 is 13.8. The van der Waals surface area contributed by atoms with Crippen LogP contribution in [0.4, 0.5) is 0 Å². The number of rotatable bonds is 6. The number of ether oxygens (including phenoxy) is 2. The van der Waals surface area contributed by atoms with Crippen LogP contribution >= 0.6 is 15.9 Å². The molecule has 4 rings (SSSR count). The van der Waals surface area contributed by atoms with E-state index >= 15 is 0 Å². The number of nitrogens with zero attached hydrogens (tertiary/aromatic N) is 2. The Morgan fingerprint density at radius 1 is 1.13 bits per heavy atom. The number of halogens is 1. The van der Waals surface area contributed by atoms with E-state index in [1.807, 2.05) is 38.1 Å². The minimum atomic E-state index is -0.176. The number of fused-ring (bicyclic) bond motifs is 1. The van der Waals surface area contributed by atoms with Gasteiger partial charge in [-0.25, -0.2) is 4.98 Å².